The monoisotopic (exact) mass is 164 g/mol. The molecule has 3 heteroatoms. The van der Waals surface area contributed by atoms with Gasteiger partial charge in [-0.25, -0.2) is 4.39 Å². The SMILES string of the molecule is Fc1cncc(C2CC=NC2)c1. The molecule has 0 aromatic carbocycles. The van der Waals surface area contributed by atoms with Gasteiger partial charge in [0.1, 0.15) is 5.82 Å². The lowest BCUT2D eigenvalue weighted by Gasteiger charge is -2.06. The van der Waals surface area contributed by atoms with E-state index in [1.165, 1.54) is 12.3 Å². The summed E-state index contributed by atoms with van der Waals surface area (Å²) in [6, 6.07) is 1.53. The topological polar surface area (TPSA) is 25.2 Å². The van der Waals surface area contributed by atoms with Crippen LogP contribution in [0.2, 0.25) is 0 Å². The smallest absolute Gasteiger partial charge is 0.141 e. The first kappa shape index (κ1) is 7.40. The van der Waals surface area contributed by atoms with Crippen molar-refractivity contribution in [1.82, 2.24) is 4.98 Å². The predicted molar refractivity (Wildman–Crippen MR) is 44.9 cm³/mol. The Morgan fingerprint density at radius 2 is 2.33 bits per heavy atom. The Morgan fingerprint density at radius 1 is 1.42 bits per heavy atom. The maximum Gasteiger partial charge on any atom is 0.141 e. The van der Waals surface area contributed by atoms with Crippen molar-refractivity contribution in [2.75, 3.05) is 6.54 Å². The molecule has 1 aromatic rings. The lowest BCUT2D eigenvalue weighted by molar-refractivity contribution is 0.614. The fourth-order valence-corrected chi connectivity index (χ4v) is 1.37. The molecule has 1 aromatic heterocycles. The van der Waals surface area contributed by atoms with Gasteiger partial charge in [-0.15, -0.1) is 0 Å². The van der Waals surface area contributed by atoms with Crippen molar-refractivity contribution in [1.29, 1.82) is 0 Å². The second kappa shape index (κ2) is 3.01. The number of aliphatic imine (C=N–C) groups is 1. The first-order chi connectivity index (χ1) is 5.86. The van der Waals surface area contributed by atoms with Crippen LogP contribution in [0, 0.1) is 5.82 Å². The summed E-state index contributed by atoms with van der Waals surface area (Å²) in [5.41, 5.74) is 0.951. The van der Waals surface area contributed by atoms with E-state index in [9.17, 15) is 4.39 Å². The number of halogens is 1. The zero-order valence-corrected chi connectivity index (χ0v) is 6.57. The molecule has 0 amide bonds. The summed E-state index contributed by atoms with van der Waals surface area (Å²) in [5, 5.41) is 0. The van der Waals surface area contributed by atoms with Crippen molar-refractivity contribution < 1.29 is 4.39 Å². The summed E-state index contributed by atoms with van der Waals surface area (Å²) in [6.07, 6.45) is 5.72. The Labute approximate surface area is 70.2 Å². The Kier molecular flexibility index (Phi) is 1.86. The van der Waals surface area contributed by atoms with E-state index in [-0.39, 0.29) is 5.82 Å². The molecule has 12 heavy (non-hydrogen) atoms. The number of nitrogens with zero attached hydrogens (tertiary/aromatic N) is 2. The number of hydrogen-bond donors (Lipinski definition) is 0. The molecule has 62 valence electrons. The first-order valence-electron chi connectivity index (χ1n) is 3.95. The van der Waals surface area contributed by atoms with Crippen LogP contribution < -0.4 is 0 Å². The van der Waals surface area contributed by atoms with Crippen molar-refractivity contribution in [3.05, 3.63) is 29.8 Å². The normalized spacial score (nSPS) is 21.6. The van der Waals surface area contributed by atoms with Gasteiger partial charge in [0.05, 0.1) is 6.20 Å². The van der Waals surface area contributed by atoms with Gasteiger partial charge in [0.25, 0.3) is 0 Å². The maximum atomic E-state index is 12.7. The second-order valence-electron chi connectivity index (χ2n) is 2.92. The maximum absolute atomic E-state index is 12.7. The van der Waals surface area contributed by atoms with Gasteiger partial charge in [0.2, 0.25) is 0 Å². The molecular weight excluding hydrogens is 155 g/mol. The van der Waals surface area contributed by atoms with Crippen LogP contribution in [0.3, 0.4) is 0 Å². The van der Waals surface area contributed by atoms with Crippen LogP contribution in [0.1, 0.15) is 17.9 Å². The molecule has 0 spiro atoms. The highest BCUT2D eigenvalue weighted by Gasteiger charge is 2.14. The highest BCUT2D eigenvalue weighted by Crippen LogP contribution is 2.22. The van der Waals surface area contributed by atoms with Gasteiger partial charge in [-0.1, -0.05) is 0 Å². The molecule has 2 heterocycles. The zero-order valence-electron chi connectivity index (χ0n) is 6.57. The van der Waals surface area contributed by atoms with E-state index in [0.29, 0.717) is 5.92 Å². The summed E-state index contributed by atoms with van der Waals surface area (Å²) in [4.78, 5) is 7.89. The van der Waals surface area contributed by atoms with E-state index in [0.717, 1.165) is 18.5 Å². The van der Waals surface area contributed by atoms with Crippen LogP contribution >= 0.6 is 0 Å². The number of rotatable bonds is 1. The standard InChI is InChI=1S/C9H9FN2/c10-9-3-8(5-12-6-9)7-1-2-11-4-7/h2-3,5-7H,1,4H2. The summed E-state index contributed by atoms with van der Waals surface area (Å²) in [6.45, 7) is 0.769. The van der Waals surface area contributed by atoms with Crippen LogP contribution in [-0.2, 0) is 0 Å². The summed E-state index contributed by atoms with van der Waals surface area (Å²) < 4.78 is 12.7. The average Bonchev–Trinajstić information content (AvgIpc) is 2.56. The van der Waals surface area contributed by atoms with Crippen LogP contribution in [0.4, 0.5) is 4.39 Å². The number of pyridine rings is 1. The van der Waals surface area contributed by atoms with Crippen molar-refractivity contribution in [3.8, 4) is 0 Å². The second-order valence-corrected chi connectivity index (χ2v) is 2.92. The molecule has 1 unspecified atom stereocenters. The average molecular weight is 164 g/mol. The van der Waals surface area contributed by atoms with E-state index >= 15 is 0 Å². The Hall–Kier alpha value is -1.25. The Bertz CT molecular complexity index is 301. The molecule has 0 saturated heterocycles. The summed E-state index contributed by atoms with van der Waals surface area (Å²) in [5.74, 6) is 0.0765. The quantitative estimate of drug-likeness (QED) is 0.621. The highest BCUT2D eigenvalue weighted by atomic mass is 19.1. The van der Waals surface area contributed by atoms with Crippen molar-refractivity contribution in [2.45, 2.75) is 12.3 Å². The zero-order chi connectivity index (χ0) is 8.39. The number of hydrogen-bond acceptors (Lipinski definition) is 2. The fraction of sp³-hybridized carbons (Fsp3) is 0.333. The van der Waals surface area contributed by atoms with Gasteiger partial charge >= 0.3 is 0 Å². The predicted octanol–water partition coefficient (Wildman–Crippen LogP) is 1.78. The van der Waals surface area contributed by atoms with Crippen LogP contribution in [0.25, 0.3) is 0 Å². The van der Waals surface area contributed by atoms with E-state index in [4.69, 9.17) is 0 Å². The van der Waals surface area contributed by atoms with Gasteiger partial charge in [-0.05, 0) is 24.3 Å². The molecule has 0 radical (unpaired) electrons. The van der Waals surface area contributed by atoms with Gasteiger partial charge < -0.3 is 0 Å². The Morgan fingerprint density at radius 3 is 3.00 bits per heavy atom. The van der Waals surface area contributed by atoms with Gasteiger partial charge in [-0.3, -0.25) is 9.98 Å². The molecule has 0 saturated carbocycles. The summed E-state index contributed by atoms with van der Waals surface area (Å²) >= 11 is 0. The van der Waals surface area contributed by atoms with E-state index in [2.05, 4.69) is 9.98 Å². The molecule has 2 nitrogen and oxygen atoms in total. The van der Waals surface area contributed by atoms with E-state index in [1.807, 2.05) is 6.21 Å². The van der Waals surface area contributed by atoms with E-state index < -0.39 is 0 Å². The van der Waals surface area contributed by atoms with Crippen LogP contribution in [0.5, 0.6) is 0 Å². The molecule has 0 N–H and O–H groups in total. The van der Waals surface area contributed by atoms with Crippen molar-refractivity contribution in [2.24, 2.45) is 4.99 Å². The highest BCUT2D eigenvalue weighted by molar-refractivity contribution is 5.61. The minimum Gasteiger partial charge on any atom is -0.297 e. The minimum atomic E-state index is -0.264. The molecular formula is C9H9FN2. The third-order valence-corrected chi connectivity index (χ3v) is 2.04. The Balaban J connectivity index is 2.22. The first-order valence-corrected chi connectivity index (χ1v) is 3.95. The van der Waals surface area contributed by atoms with Gasteiger partial charge in [0.15, 0.2) is 0 Å². The largest absolute Gasteiger partial charge is 0.297 e. The van der Waals surface area contributed by atoms with Crippen LogP contribution in [0.15, 0.2) is 23.5 Å². The lowest BCUT2D eigenvalue weighted by Crippen LogP contribution is -1.98. The van der Waals surface area contributed by atoms with Gasteiger partial charge in [0, 0.05) is 18.7 Å². The third-order valence-electron chi connectivity index (χ3n) is 2.04. The molecule has 1 aliphatic heterocycles. The number of aromatic nitrogens is 1. The molecule has 1 aliphatic rings. The van der Waals surface area contributed by atoms with Crippen molar-refractivity contribution in [3.63, 3.8) is 0 Å². The van der Waals surface area contributed by atoms with E-state index in [1.54, 1.807) is 6.20 Å². The molecule has 1 atom stereocenters. The molecule has 0 bridgehead atoms. The minimum absolute atomic E-state index is 0.264. The summed E-state index contributed by atoms with van der Waals surface area (Å²) in [7, 11) is 0. The molecule has 2 rings (SSSR count). The van der Waals surface area contributed by atoms with Gasteiger partial charge in [-0.2, -0.15) is 0 Å². The third kappa shape index (κ3) is 1.35. The van der Waals surface area contributed by atoms with Crippen LogP contribution in [-0.4, -0.2) is 17.7 Å². The fourth-order valence-electron chi connectivity index (χ4n) is 1.37. The van der Waals surface area contributed by atoms with Crippen molar-refractivity contribution >= 4 is 6.21 Å². The molecule has 0 fully saturated rings. The lowest BCUT2D eigenvalue weighted by atomic mass is 10.0. The molecule has 0 aliphatic carbocycles.